The number of amides is 1. The van der Waals surface area contributed by atoms with Crippen molar-refractivity contribution in [3.63, 3.8) is 0 Å². The number of carbonyl (C=O) groups excluding carboxylic acids is 1. The highest BCUT2D eigenvalue weighted by atomic mass is 16.2. The van der Waals surface area contributed by atoms with Crippen molar-refractivity contribution in [2.75, 3.05) is 13.1 Å². The molecule has 0 bridgehead atoms. The van der Waals surface area contributed by atoms with Crippen molar-refractivity contribution in [2.45, 2.75) is 32.2 Å². The molecule has 3 heterocycles. The van der Waals surface area contributed by atoms with Crippen LogP contribution in [0.1, 0.15) is 41.4 Å². The van der Waals surface area contributed by atoms with Crippen molar-refractivity contribution < 1.29 is 4.79 Å². The Labute approximate surface area is 140 Å². The Balaban J connectivity index is 1.51. The zero-order valence-electron chi connectivity index (χ0n) is 13.8. The summed E-state index contributed by atoms with van der Waals surface area (Å²) >= 11 is 0. The van der Waals surface area contributed by atoms with Gasteiger partial charge >= 0.3 is 0 Å². The Bertz CT molecular complexity index is 852. The fourth-order valence-corrected chi connectivity index (χ4v) is 3.48. The van der Waals surface area contributed by atoms with Gasteiger partial charge in [-0.05, 0) is 43.9 Å². The Morgan fingerprint density at radius 1 is 1.25 bits per heavy atom. The first-order valence-electron chi connectivity index (χ1n) is 8.45. The van der Waals surface area contributed by atoms with E-state index in [-0.39, 0.29) is 5.91 Å². The molecule has 4 rings (SSSR count). The fourth-order valence-electron chi connectivity index (χ4n) is 3.48. The molecular formula is C18H21N5O. The number of nitrogens with zero attached hydrogens (tertiary/aromatic N) is 4. The largest absolute Gasteiger partial charge is 0.351 e. The molecule has 0 aliphatic carbocycles. The number of aryl methyl sites for hydroxylation is 1. The number of aromatic amines is 1. The first-order chi connectivity index (χ1) is 11.7. The molecule has 1 N–H and O–H groups in total. The lowest BCUT2D eigenvalue weighted by atomic mass is 10.1. The third kappa shape index (κ3) is 2.79. The van der Waals surface area contributed by atoms with Crippen LogP contribution in [0.3, 0.4) is 0 Å². The number of rotatable bonds is 2. The highest BCUT2D eigenvalue weighted by Crippen LogP contribution is 2.23. The van der Waals surface area contributed by atoms with Gasteiger partial charge in [0.25, 0.3) is 5.91 Å². The van der Waals surface area contributed by atoms with Gasteiger partial charge in [-0.3, -0.25) is 4.79 Å². The van der Waals surface area contributed by atoms with Crippen molar-refractivity contribution in [1.82, 2.24) is 24.9 Å². The second kappa shape index (κ2) is 6.11. The highest BCUT2D eigenvalue weighted by Gasteiger charge is 2.23. The number of aromatic nitrogens is 4. The van der Waals surface area contributed by atoms with Gasteiger partial charge in [-0.2, -0.15) is 0 Å². The van der Waals surface area contributed by atoms with Gasteiger partial charge in [-0.25, -0.2) is 4.68 Å². The topological polar surface area (TPSA) is 66.8 Å². The van der Waals surface area contributed by atoms with Gasteiger partial charge in [0.1, 0.15) is 5.69 Å². The number of benzene rings is 1. The molecular weight excluding hydrogens is 302 g/mol. The lowest BCUT2D eigenvalue weighted by Gasteiger charge is -2.20. The van der Waals surface area contributed by atoms with E-state index in [0.29, 0.717) is 11.7 Å². The van der Waals surface area contributed by atoms with E-state index in [2.05, 4.69) is 40.4 Å². The van der Waals surface area contributed by atoms with E-state index in [1.54, 1.807) is 6.20 Å². The molecule has 6 nitrogen and oxygen atoms in total. The van der Waals surface area contributed by atoms with Crippen molar-refractivity contribution in [3.05, 3.63) is 47.9 Å². The smallest absolute Gasteiger partial charge is 0.270 e. The predicted molar refractivity (Wildman–Crippen MR) is 91.8 cm³/mol. The Kier molecular flexibility index (Phi) is 3.80. The SMILES string of the molecule is Cc1ccc2cc(C(=O)N3CCCC(n4ccnn4)CC3)[nH]c2c1. The van der Waals surface area contributed by atoms with Crippen LogP contribution in [0, 0.1) is 6.92 Å². The molecule has 1 aromatic carbocycles. The molecule has 1 aliphatic rings. The first kappa shape index (κ1) is 14.9. The van der Waals surface area contributed by atoms with Gasteiger partial charge in [-0.15, -0.1) is 5.10 Å². The lowest BCUT2D eigenvalue weighted by Crippen LogP contribution is -2.32. The van der Waals surface area contributed by atoms with Crippen LogP contribution in [-0.2, 0) is 0 Å². The van der Waals surface area contributed by atoms with Crippen molar-refractivity contribution in [1.29, 1.82) is 0 Å². The van der Waals surface area contributed by atoms with E-state index in [1.807, 2.05) is 21.8 Å². The van der Waals surface area contributed by atoms with E-state index in [4.69, 9.17) is 0 Å². The zero-order chi connectivity index (χ0) is 16.5. The fraction of sp³-hybridized carbons (Fsp3) is 0.389. The van der Waals surface area contributed by atoms with Crippen LogP contribution in [0.4, 0.5) is 0 Å². The van der Waals surface area contributed by atoms with Crippen LogP contribution in [-0.4, -0.2) is 43.9 Å². The summed E-state index contributed by atoms with van der Waals surface area (Å²) in [6, 6.07) is 8.49. The monoisotopic (exact) mass is 323 g/mol. The molecule has 1 amide bonds. The van der Waals surface area contributed by atoms with Gasteiger partial charge < -0.3 is 9.88 Å². The van der Waals surface area contributed by atoms with Gasteiger partial charge in [0.15, 0.2) is 0 Å². The number of likely N-dealkylation sites (tertiary alicyclic amines) is 1. The average Bonchev–Trinajstić information content (AvgIpc) is 3.19. The number of fused-ring (bicyclic) bond motifs is 1. The Hall–Kier alpha value is -2.63. The third-order valence-electron chi connectivity index (χ3n) is 4.81. The summed E-state index contributed by atoms with van der Waals surface area (Å²) in [4.78, 5) is 18.1. The molecule has 0 saturated carbocycles. The standard InChI is InChI=1S/C18H21N5O/c1-13-4-5-14-12-17(20-16(14)11-13)18(24)22-8-2-3-15(6-9-22)23-10-7-19-21-23/h4-5,7,10-12,15,20H,2-3,6,8-9H2,1H3. The van der Waals surface area contributed by atoms with E-state index < -0.39 is 0 Å². The predicted octanol–water partition coefficient (Wildman–Crippen LogP) is 2.94. The third-order valence-corrected chi connectivity index (χ3v) is 4.81. The quantitative estimate of drug-likeness (QED) is 0.788. The van der Waals surface area contributed by atoms with Crippen LogP contribution in [0.2, 0.25) is 0 Å². The van der Waals surface area contributed by atoms with Crippen LogP contribution < -0.4 is 0 Å². The van der Waals surface area contributed by atoms with Crippen molar-refractivity contribution in [2.24, 2.45) is 0 Å². The summed E-state index contributed by atoms with van der Waals surface area (Å²) < 4.78 is 1.92. The van der Waals surface area contributed by atoms with E-state index >= 15 is 0 Å². The molecule has 3 aromatic rings. The van der Waals surface area contributed by atoms with Crippen LogP contribution in [0.5, 0.6) is 0 Å². The lowest BCUT2D eigenvalue weighted by molar-refractivity contribution is 0.0755. The maximum Gasteiger partial charge on any atom is 0.270 e. The number of carbonyl (C=O) groups is 1. The zero-order valence-corrected chi connectivity index (χ0v) is 13.8. The molecule has 1 aliphatic heterocycles. The molecule has 0 radical (unpaired) electrons. The van der Waals surface area contributed by atoms with E-state index in [1.165, 1.54) is 5.56 Å². The Morgan fingerprint density at radius 2 is 2.17 bits per heavy atom. The average molecular weight is 323 g/mol. The summed E-state index contributed by atoms with van der Waals surface area (Å²) in [6.07, 6.45) is 6.53. The highest BCUT2D eigenvalue weighted by molar-refractivity contribution is 5.98. The molecule has 1 fully saturated rings. The van der Waals surface area contributed by atoms with Crippen molar-refractivity contribution in [3.8, 4) is 0 Å². The summed E-state index contributed by atoms with van der Waals surface area (Å²) in [5, 5.41) is 9.07. The first-order valence-corrected chi connectivity index (χ1v) is 8.45. The van der Waals surface area contributed by atoms with Crippen LogP contribution in [0.15, 0.2) is 36.7 Å². The van der Waals surface area contributed by atoms with Crippen LogP contribution >= 0.6 is 0 Å². The van der Waals surface area contributed by atoms with E-state index in [9.17, 15) is 4.79 Å². The number of hydrogen-bond donors (Lipinski definition) is 1. The molecule has 24 heavy (non-hydrogen) atoms. The van der Waals surface area contributed by atoms with Gasteiger partial charge in [0.05, 0.1) is 12.2 Å². The normalized spacial score (nSPS) is 18.7. The molecule has 124 valence electrons. The molecule has 6 heteroatoms. The molecule has 1 atom stereocenters. The number of nitrogens with one attached hydrogen (secondary N) is 1. The summed E-state index contributed by atoms with van der Waals surface area (Å²) in [5.74, 6) is 0.0862. The van der Waals surface area contributed by atoms with Crippen LogP contribution in [0.25, 0.3) is 10.9 Å². The maximum absolute atomic E-state index is 12.9. The second-order valence-corrected chi connectivity index (χ2v) is 6.53. The number of H-pyrrole nitrogens is 1. The molecule has 1 unspecified atom stereocenters. The molecule has 1 saturated heterocycles. The maximum atomic E-state index is 12.9. The second-order valence-electron chi connectivity index (χ2n) is 6.53. The number of hydrogen-bond acceptors (Lipinski definition) is 3. The molecule has 0 spiro atoms. The van der Waals surface area contributed by atoms with Gasteiger partial charge in [0, 0.05) is 30.2 Å². The Morgan fingerprint density at radius 3 is 3.00 bits per heavy atom. The minimum atomic E-state index is 0.0862. The van der Waals surface area contributed by atoms with Crippen molar-refractivity contribution >= 4 is 16.8 Å². The van der Waals surface area contributed by atoms with Gasteiger partial charge in [0.2, 0.25) is 0 Å². The summed E-state index contributed by atoms with van der Waals surface area (Å²) in [6.45, 7) is 3.59. The summed E-state index contributed by atoms with van der Waals surface area (Å²) in [5.41, 5.74) is 2.89. The molecule has 2 aromatic heterocycles. The van der Waals surface area contributed by atoms with E-state index in [0.717, 1.165) is 43.3 Å². The summed E-state index contributed by atoms with van der Waals surface area (Å²) in [7, 11) is 0. The minimum absolute atomic E-state index is 0.0862. The minimum Gasteiger partial charge on any atom is -0.351 e. The van der Waals surface area contributed by atoms with Gasteiger partial charge in [-0.1, -0.05) is 17.3 Å².